The lowest BCUT2D eigenvalue weighted by Crippen LogP contribution is -2.40. The van der Waals surface area contributed by atoms with Crippen LogP contribution < -0.4 is 15.0 Å². The van der Waals surface area contributed by atoms with Crippen LogP contribution >= 0.6 is 0 Å². The average molecular weight is 371 g/mol. The monoisotopic (exact) mass is 371 g/mol. The first kappa shape index (κ1) is 19.9. The van der Waals surface area contributed by atoms with Gasteiger partial charge in [0, 0.05) is 30.4 Å². The van der Waals surface area contributed by atoms with Crippen molar-refractivity contribution in [2.75, 3.05) is 11.9 Å². The Hall–Kier alpha value is -3.42. The van der Waals surface area contributed by atoms with E-state index >= 15 is 0 Å². The van der Waals surface area contributed by atoms with Gasteiger partial charge in [0.05, 0.1) is 10.5 Å². The number of urea groups is 1. The molecule has 0 aliphatic rings. The quantitative estimate of drug-likeness (QED) is 0.374. The van der Waals surface area contributed by atoms with E-state index in [-0.39, 0.29) is 34.6 Å². The molecular weight excluding hydrogens is 350 g/mol. The topological polar surface area (TPSA) is 102 Å². The molecule has 8 heteroatoms. The molecule has 27 heavy (non-hydrogen) atoms. The van der Waals surface area contributed by atoms with Crippen LogP contribution in [0.25, 0.3) is 0 Å². The van der Waals surface area contributed by atoms with E-state index in [0.717, 1.165) is 0 Å². The van der Waals surface area contributed by atoms with Gasteiger partial charge < -0.3 is 10.1 Å². The predicted molar refractivity (Wildman–Crippen MR) is 101 cm³/mol. The van der Waals surface area contributed by atoms with Gasteiger partial charge in [-0.2, -0.15) is 0 Å². The molecule has 2 rings (SSSR count). The minimum Gasteiger partial charge on any atom is -0.423 e. The van der Waals surface area contributed by atoms with Crippen LogP contribution in [0.15, 0.2) is 42.5 Å². The van der Waals surface area contributed by atoms with E-state index in [1.165, 1.54) is 30.0 Å². The molecular formula is C19H21N3O5. The van der Waals surface area contributed by atoms with Crippen molar-refractivity contribution in [3.63, 3.8) is 0 Å². The molecule has 0 unspecified atom stereocenters. The average Bonchev–Trinajstić information content (AvgIpc) is 2.61. The largest absolute Gasteiger partial charge is 0.423 e. The molecule has 0 saturated carbocycles. The van der Waals surface area contributed by atoms with Crippen LogP contribution in [0.5, 0.6) is 5.75 Å². The minimum absolute atomic E-state index is 0.0124. The van der Waals surface area contributed by atoms with E-state index in [9.17, 15) is 19.7 Å². The van der Waals surface area contributed by atoms with Gasteiger partial charge in [-0.15, -0.1) is 0 Å². The summed E-state index contributed by atoms with van der Waals surface area (Å²) in [4.78, 5) is 36.2. The summed E-state index contributed by atoms with van der Waals surface area (Å²) in [5, 5.41) is 13.8. The van der Waals surface area contributed by atoms with Crippen LogP contribution in [0.3, 0.4) is 0 Å². The number of nitrogens with one attached hydrogen (secondary N) is 1. The third-order valence-electron chi connectivity index (χ3n) is 3.87. The van der Waals surface area contributed by atoms with Gasteiger partial charge in [0.25, 0.3) is 5.69 Å². The zero-order valence-electron chi connectivity index (χ0n) is 15.6. The number of nitro groups is 1. The van der Waals surface area contributed by atoms with E-state index in [4.69, 9.17) is 4.74 Å². The fourth-order valence-electron chi connectivity index (χ4n) is 2.40. The van der Waals surface area contributed by atoms with Crippen molar-refractivity contribution in [1.29, 1.82) is 0 Å². The lowest BCUT2D eigenvalue weighted by atomic mass is 10.1. The Morgan fingerprint density at radius 2 is 1.78 bits per heavy atom. The highest BCUT2D eigenvalue weighted by atomic mass is 16.6. The van der Waals surface area contributed by atoms with E-state index in [1.807, 2.05) is 13.8 Å². The SMILES string of the molecule is Cc1c(C(=O)Oc2ccc(N(C)C(=O)NC(C)C)cc2)cccc1[N+](=O)[O-]. The van der Waals surface area contributed by atoms with Crippen molar-refractivity contribution >= 4 is 23.4 Å². The molecule has 0 saturated heterocycles. The zero-order valence-corrected chi connectivity index (χ0v) is 15.6. The molecule has 8 nitrogen and oxygen atoms in total. The summed E-state index contributed by atoms with van der Waals surface area (Å²) in [7, 11) is 1.63. The molecule has 0 fully saturated rings. The van der Waals surface area contributed by atoms with Crippen molar-refractivity contribution in [2.45, 2.75) is 26.8 Å². The molecule has 0 aromatic heterocycles. The number of carbonyl (C=O) groups is 2. The molecule has 1 N–H and O–H groups in total. The van der Waals surface area contributed by atoms with Gasteiger partial charge >= 0.3 is 12.0 Å². The van der Waals surface area contributed by atoms with Crippen LogP contribution in [-0.2, 0) is 0 Å². The highest BCUT2D eigenvalue weighted by Gasteiger charge is 2.19. The van der Waals surface area contributed by atoms with Gasteiger partial charge in [0.1, 0.15) is 5.75 Å². The van der Waals surface area contributed by atoms with Crippen LogP contribution in [0, 0.1) is 17.0 Å². The number of ether oxygens (including phenoxy) is 1. The molecule has 0 aliphatic heterocycles. The summed E-state index contributed by atoms with van der Waals surface area (Å²) >= 11 is 0. The van der Waals surface area contributed by atoms with E-state index in [0.29, 0.717) is 5.69 Å². The van der Waals surface area contributed by atoms with E-state index in [2.05, 4.69) is 5.32 Å². The highest BCUT2D eigenvalue weighted by molar-refractivity contribution is 5.94. The second kappa shape index (κ2) is 8.31. The zero-order chi connectivity index (χ0) is 20.1. The van der Waals surface area contributed by atoms with Gasteiger partial charge in [0.15, 0.2) is 0 Å². The van der Waals surface area contributed by atoms with Crippen molar-refractivity contribution in [3.8, 4) is 5.75 Å². The summed E-state index contributed by atoms with van der Waals surface area (Å²) in [5.74, 6) is -0.415. The number of rotatable bonds is 5. The molecule has 2 aromatic rings. The van der Waals surface area contributed by atoms with E-state index in [1.54, 1.807) is 31.3 Å². The Labute approximate surface area is 156 Å². The Morgan fingerprint density at radius 3 is 2.33 bits per heavy atom. The first-order chi connectivity index (χ1) is 12.7. The van der Waals surface area contributed by atoms with Crippen LogP contribution in [0.2, 0.25) is 0 Å². The van der Waals surface area contributed by atoms with Crippen molar-refractivity contribution in [3.05, 3.63) is 63.7 Å². The summed E-state index contributed by atoms with van der Waals surface area (Å²) in [6, 6.07) is 10.4. The second-order valence-electron chi connectivity index (χ2n) is 6.25. The van der Waals surface area contributed by atoms with Gasteiger partial charge in [-0.1, -0.05) is 6.07 Å². The smallest absolute Gasteiger partial charge is 0.344 e. The Bertz CT molecular complexity index is 862. The molecule has 0 radical (unpaired) electrons. The van der Waals surface area contributed by atoms with Gasteiger partial charge in [-0.3, -0.25) is 15.0 Å². The standard InChI is InChI=1S/C19H21N3O5/c1-12(2)20-19(24)21(4)14-8-10-15(11-9-14)27-18(23)16-6-5-7-17(13(16)3)22(25)26/h5-12H,1-4H3,(H,20,24). The van der Waals surface area contributed by atoms with Crippen molar-refractivity contribution in [2.24, 2.45) is 0 Å². The van der Waals surface area contributed by atoms with Gasteiger partial charge in [0.2, 0.25) is 0 Å². The van der Waals surface area contributed by atoms with Crippen molar-refractivity contribution in [1.82, 2.24) is 5.32 Å². The molecule has 0 bridgehead atoms. The number of nitro benzene ring substituents is 1. The number of hydrogen-bond donors (Lipinski definition) is 1. The maximum Gasteiger partial charge on any atom is 0.344 e. The maximum atomic E-state index is 12.3. The van der Waals surface area contributed by atoms with Crippen molar-refractivity contribution < 1.29 is 19.2 Å². The second-order valence-corrected chi connectivity index (χ2v) is 6.25. The van der Waals surface area contributed by atoms with Crippen LogP contribution in [0.4, 0.5) is 16.2 Å². The summed E-state index contributed by atoms with van der Waals surface area (Å²) in [6.07, 6.45) is 0. The minimum atomic E-state index is -0.685. The van der Waals surface area contributed by atoms with Gasteiger partial charge in [-0.25, -0.2) is 9.59 Å². The van der Waals surface area contributed by atoms with Crippen LogP contribution in [-0.4, -0.2) is 30.0 Å². The number of amides is 2. The number of anilines is 1. The number of carbonyl (C=O) groups excluding carboxylic acids is 2. The molecule has 0 spiro atoms. The lowest BCUT2D eigenvalue weighted by Gasteiger charge is -2.20. The number of hydrogen-bond acceptors (Lipinski definition) is 5. The number of esters is 1. The number of benzene rings is 2. The summed E-state index contributed by atoms with van der Waals surface area (Å²) in [5.41, 5.74) is 0.855. The Balaban J connectivity index is 2.13. The molecule has 0 heterocycles. The van der Waals surface area contributed by atoms with E-state index < -0.39 is 10.9 Å². The molecule has 142 valence electrons. The first-order valence-electron chi connectivity index (χ1n) is 8.31. The Morgan fingerprint density at radius 1 is 1.15 bits per heavy atom. The lowest BCUT2D eigenvalue weighted by molar-refractivity contribution is -0.385. The predicted octanol–water partition coefficient (Wildman–Crippen LogP) is 3.68. The van der Waals surface area contributed by atoms with Gasteiger partial charge in [-0.05, 0) is 51.1 Å². The molecule has 0 atom stereocenters. The summed E-state index contributed by atoms with van der Waals surface area (Å²) < 4.78 is 5.30. The first-order valence-corrected chi connectivity index (χ1v) is 8.31. The Kier molecular flexibility index (Phi) is 6.12. The summed E-state index contributed by atoms with van der Waals surface area (Å²) in [6.45, 7) is 5.23. The third-order valence-corrected chi connectivity index (χ3v) is 3.87. The third kappa shape index (κ3) is 4.81. The fraction of sp³-hybridized carbons (Fsp3) is 0.263. The molecule has 2 aromatic carbocycles. The normalized spacial score (nSPS) is 10.4. The fourth-order valence-corrected chi connectivity index (χ4v) is 2.40. The molecule has 0 aliphatic carbocycles. The number of nitrogens with zero attached hydrogens (tertiary/aromatic N) is 2. The maximum absolute atomic E-state index is 12.3. The highest BCUT2D eigenvalue weighted by Crippen LogP contribution is 2.24. The van der Waals surface area contributed by atoms with Crippen LogP contribution in [0.1, 0.15) is 29.8 Å². The molecule has 2 amide bonds.